The first-order valence-electron chi connectivity index (χ1n) is 7.09. The van der Waals surface area contributed by atoms with E-state index in [1.54, 1.807) is 12.1 Å². The van der Waals surface area contributed by atoms with Crippen molar-refractivity contribution < 1.29 is 14.4 Å². The molecule has 0 bridgehead atoms. The minimum absolute atomic E-state index is 0.245. The fourth-order valence-corrected chi connectivity index (χ4v) is 2.03. The van der Waals surface area contributed by atoms with Crippen LogP contribution in [0.5, 0.6) is 0 Å². The maximum Gasteiger partial charge on any atom is 0.274 e. The van der Waals surface area contributed by atoms with Gasteiger partial charge in [0, 0.05) is 37.9 Å². The van der Waals surface area contributed by atoms with E-state index in [1.165, 1.54) is 0 Å². The van der Waals surface area contributed by atoms with Gasteiger partial charge in [0.15, 0.2) is 6.29 Å². The summed E-state index contributed by atoms with van der Waals surface area (Å²) in [6.07, 6.45) is 2.62. The highest BCUT2D eigenvalue weighted by atomic mass is 16.8. The maximum absolute atomic E-state index is 11.9. The Labute approximate surface area is 119 Å². The lowest BCUT2D eigenvalue weighted by molar-refractivity contribution is -0.186. The number of amides is 1. The van der Waals surface area contributed by atoms with Gasteiger partial charge in [-0.25, -0.2) is 10.3 Å². The molecule has 1 heterocycles. The van der Waals surface area contributed by atoms with Crippen molar-refractivity contribution >= 4 is 11.6 Å². The maximum atomic E-state index is 11.9. The van der Waals surface area contributed by atoms with Crippen LogP contribution >= 0.6 is 0 Å². The van der Waals surface area contributed by atoms with Gasteiger partial charge in [0.1, 0.15) is 0 Å². The Balaban J connectivity index is 1.85. The molecule has 0 radical (unpaired) electrons. The van der Waals surface area contributed by atoms with Crippen LogP contribution in [0.4, 0.5) is 5.69 Å². The van der Waals surface area contributed by atoms with Crippen LogP contribution in [0.25, 0.3) is 0 Å². The van der Waals surface area contributed by atoms with E-state index in [9.17, 15) is 4.79 Å². The lowest BCUT2D eigenvalue weighted by atomic mass is 10.2. The van der Waals surface area contributed by atoms with Crippen molar-refractivity contribution in [3.05, 3.63) is 29.8 Å². The van der Waals surface area contributed by atoms with Crippen LogP contribution in [0.3, 0.4) is 0 Å². The zero-order valence-corrected chi connectivity index (χ0v) is 12.1. The summed E-state index contributed by atoms with van der Waals surface area (Å²) < 4.78 is 5.39. The zero-order valence-electron chi connectivity index (χ0n) is 12.1. The fraction of sp³-hybridized carbons (Fsp3) is 0.533. The molecule has 0 aromatic heterocycles. The smallest absolute Gasteiger partial charge is 0.274 e. The molecule has 1 atom stereocenters. The quantitative estimate of drug-likeness (QED) is 0.840. The van der Waals surface area contributed by atoms with Gasteiger partial charge in [-0.05, 0) is 44.0 Å². The molecule has 1 aromatic carbocycles. The van der Waals surface area contributed by atoms with Gasteiger partial charge in [-0.15, -0.1) is 0 Å². The van der Waals surface area contributed by atoms with Crippen molar-refractivity contribution in [2.24, 2.45) is 0 Å². The Bertz CT molecular complexity index is 427. The van der Waals surface area contributed by atoms with Crippen molar-refractivity contribution in [1.29, 1.82) is 0 Å². The van der Waals surface area contributed by atoms with Crippen LogP contribution in [-0.2, 0) is 9.57 Å². The lowest BCUT2D eigenvalue weighted by Gasteiger charge is -2.22. The molecule has 20 heavy (non-hydrogen) atoms. The van der Waals surface area contributed by atoms with Crippen LogP contribution < -0.4 is 10.4 Å². The standard InChI is InChI=1S/C15H22N2O3/c1-3-17(2)13-9-7-12(8-10-13)15(18)16-20-14-6-4-5-11-19-14/h7-10,14H,3-6,11H2,1-2H3,(H,16,18)/t14-/m1/s1. The predicted octanol–water partition coefficient (Wildman–Crippen LogP) is 2.33. The van der Waals surface area contributed by atoms with Gasteiger partial charge in [0.25, 0.3) is 5.91 Å². The molecule has 1 N–H and O–H groups in total. The van der Waals surface area contributed by atoms with E-state index in [4.69, 9.17) is 9.57 Å². The number of carbonyl (C=O) groups excluding carboxylic acids is 1. The number of nitrogens with one attached hydrogen (secondary N) is 1. The monoisotopic (exact) mass is 278 g/mol. The Morgan fingerprint density at radius 2 is 2.15 bits per heavy atom. The van der Waals surface area contributed by atoms with Crippen molar-refractivity contribution in [3.63, 3.8) is 0 Å². The summed E-state index contributed by atoms with van der Waals surface area (Å²) in [7, 11) is 2.01. The van der Waals surface area contributed by atoms with Gasteiger partial charge in [-0.3, -0.25) is 4.79 Å². The number of hydroxylamine groups is 1. The molecule has 1 amide bonds. The minimum Gasteiger partial charge on any atom is -0.375 e. The van der Waals surface area contributed by atoms with E-state index in [0.717, 1.165) is 31.5 Å². The highest BCUT2D eigenvalue weighted by Crippen LogP contribution is 2.15. The molecule has 0 unspecified atom stereocenters. The average molecular weight is 278 g/mol. The van der Waals surface area contributed by atoms with Crippen molar-refractivity contribution in [3.8, 4) is 0 Å². The Hall–Kier alpha value is -1.59. The summed E-state index contributed by atoms with van der Waals surface area (Å²) in [5.74, 6) is -0.245. The van der Waals surface area contributed by atoms with Gasteiger partial charge in [-0.1, -0.05) is 0 Å². The second kappa shape index (κ2) is 7.26. The van der Waals surface area contributed by atoms with E-state index in [0.29, 0.717) is 12.2 Å². The van der Waals surface area contributed by atoms with Crippen LogP contribution in [0.15, 0.2) is 24.3 Å². The molecule has 1 fully saturated rings. The number of anilines is 1. The van der Waals surface area contributed by atoms with E-state index >= 15 is 0 Å². The molecule has 0 saturated carbocycles. The third kappa shape index (κ3) is 3.95. The molecular formula is C15H22N2O3. The van der Waals surface area contributed by atoms with Gasteiger partial charge in [0.2, 0.25) is 0 Å². The van der Waals surface area contributed by atoms with Crippen LogP contribution in [0.2, 0.25) is 0 Å². The molecule has 1 aliphatic heterocycles. The second-order valence-corrected chi connectivity index (χ2v) is 4.91. The summed E-state index contributed by atoms with van der Waals surface area (Å²) in [6, 6.07) is 7.44. The van der Waals surface area contributed by atoms with Crippen molar-refractivity contribution in [1.82, 2.24) is 5.48 Å². The Kier molecular flexibility index (Phi) is 5.38. The number of hydrogen-bond donors (Lipinski definition) is 1. The van der Waals surface area contributed by atoms with Crippen LogP contribution in [-0.4, -0.2) is 32.4 Å². The first kappa shape index (κ1) is 14.8. The van der Waals surface area contributed by atoms with E-state index < -0.39 is 0 Å². The van der Waals surface area contributed by atoms with Gasteiger partial charge in [0.05, 0.1) is 0 Å². The SMILES string of the molecule is CCN(C)c1ccc(C(=O)NO[C@@H]2CCCCO2)cc1. The molecule has 1 aromatic rings. The van der Waals surface area contributed by atoms with Crippen LogP contribution in [0, 0.1) is 0 Å². The third-order valence-corrected chi connectivity index (χ3v) is 3.47. The van der Waals surface area contributed by atoms with Gasteiger partial charge >= 0.3 is 0 Å². The molecule has 1 aliphatic rings. The largest absolute Gasteiger partial charge is 0.375 e. The Morgan fingerprint density at radius 1 is 1.40 bits per heavy atom. The highest BCUT2D eigenvalue weighted by molar-refractivity contribution is 5.93. The fourth-order valence-electron chi connectivity index (χ4n) is 2.03. The molecule has 110 valence electrons. The van der Waals surface area contributed by atoms with Gasteiger partial charge < -0.3 is 9.64 Å². The molecular weight excluding hydrogens is 256 g/mol. The number of rotatable bonds is 5. The van der Waals surface area contributed by atoms with E-state index in [1.807, 2.05) is 19.2 Å². The molecule has 5 heteroatoms. The number of ether oxygens (including phenoxy) is 1. The number of hydrogen-bond acceptors (Lipinski definition) is 4. The van der Waals surface area contributed by atoms with Crippen LogP contribution in [0.1, 0.15) is 36.5 Å². The molecule has 0 spiro atoms. The molecule has 0 aliphatic carbocycles. The van der Waals surface area contributed by atoms with Crippen molar-refractivity contribution in [2.45, 2.75) is 32.5 Å². The van der Waals surface area contributed by atoms with Gasteiger partial charge in [-0.2, -0.15) is 0 Å². The summed E-state index contributed by atoms with van der Waals surface area (Å²) >= 11 is 0. The number of benzene rings is 1. The lowest BCUT2D eigenvalue weighted by Crippen LogP contribution is -2.33. The topological polar surface area (TPSA) is 50.8 Å². The Morgan fingerprint density at radius 3 is 2.75 bits per heavy atom. The summed E-state index contributed by atoms with van der Waals surface area (Å²) in [4.78, 5) is 19.3. The summed E-state index contributed by atoms with van der Waals surface area (Å²) in [6.45, 7) is 3.70. The summed E-state index contributed by atoms with van der Waals surface area (Å²) in [5.41, 5.74) is 4.12. The second-order valence-electron chi connectivity index (χ2n) is 4.91. The normalized spacial score (nSPS) is 18.6. The summed E-state index contributed by atoms with van der Waals surface area (Å²) in [5, 5.41) is 0. The van der Waals surface area contributed by atoms with E-state index in [-0.39, 0.29) is 12.2 Å². The zero-order chi connectivity index (χ0) is 14.4. The molecule has 1 saturated heterocycles. The third-order valence-electron chi connectivity index (χ3n) is 3.47. The van der Waals surface area contributed by atoms with E-state index in [2.05, 4.69) is 17.3 Å². The predicted molar refractivity (Wildman–Crippen MR) is 77.5 cm³/mol. The molecule has 5 nitrogen and oxygen atoms in total. The highest BCUT2D eigenvalue weighted by Gasteiger charge is 2.16. The first-order valence-corrected chi connectivity index (χ1v) is 7.09. The average Bonchev–Trinajstić information content (AvgIpc) is 2.53. The minimum atomic E-state index is -0.321. The first-order chi connectivity index (χ1) is 9.70. The van der Waals surface area contributed by atoms with Crippen molar-refractivity contribution in [2.75, 3.05) is 25.1 Å². The molecule has 2 rings (SSSR count). The number of nitrogens with zero attached hydrogens (tertiary/aromatic N) is 1. The number of carbonyl (C=O) groups is 1.